The van der Waals surface area contributed by atoms with E-state index in [-0.39, 0.29) is 24.1 Å². The van der Waals surface area contributed by atoms with E-state index in [2.05, 4.69) is 36.0 Å². The minimum absolute atomic E-state index is 0.0799. The Morgan fingerprint density at radius 1 is 1.20 bits per heavy atom. The number of hydrogen-bond acceptors (Lipinski definition) is 4. The number of benzene rings is 2. The Bertz CT molecular complexity index is 1540. The van der Waals surface area contributed by atoms with Crippen LogP contribution in [0.1, 0.15) is 45.6 Å². The Balaban J connectivity index is 1.23. The van der Waals surface area contributed by atoms with Crippen molar-refractivity contribution in [3.8, 4) is 0 Å². The zero-order valence-corrected chi connectivity index (χ0v) is 25.5. The average molecular weight is 597 g/mol. The molecule has 2 heterocycles. The van der Waals surface area contributed by atoms with Gasteiger partial charge in [-0.05, 0) is 84.7 Å². The highest BCUT2D eigenvalue weighted by molar-refractivity contribution is 6.35. The van der Waals surface area contributed by atoms with Crippen LogP contribution in [0.3, 0.4) is 0 Å². The van der Waals surface area contributed by atoms with E-state index < -0.39 is 0 Å². The summed E-state index contributed by atoms with van der Waals surface area (Å²) in [5.74, 6) is 3.09. The third-order valence-electron chi connectivity index (χ3n) is 10.2. The van der Waals surface area contributed by atoms with Crippen LogP contribution in [0, 0.1) is 29.1 Å². The molecule has 0 radical (unpaired) electrons. The van der Waals surface area contributed by atoms with Crippen LogP contribution in [-0.4, -0.2) is 51.3 Å². The van der Waals surface area contributed by atoms with E-state index >= 15 is 0 Å². The highest BCUT2D eigenvalue weighted by atomic mass is 35.5. The normalized spacial score (nSPS) is 27.2. The molecular formula is C32H39Cl2N5O2. The number of anilines is 1. The van der Waals surface area contributed by atoms with Crippen molar-refractivity contribution in [2.24, 2.45) is 34.1 Å². The van der Waals surface area contributed by atoms with Crippen LogP contribution in [0.5, 0.6) is 0 Å². The van der Waals surface area contributed by atoms with Gasteiger partial charge in [-0.3, -0.25) is 9.36 Å². The zero-order valence-electron chi connectivity index (χ0n) is 24.0. The Labute approximate surface area is 251 Å². The largest absolute Gasteiger partial charge is 0.396 e. The molecule has 0 unspecified atom stereocenters. The summed E-state index contributed by atoms with van der Waals surface area (Å²) < 4.78 is 1.63. The van der Waals surface area contributed by atoms with Crippen LogP contribution in [0.15, 0.2) is 52.5 Å². The van der Waals surface area contributed by atoms with Crippen molar-refractivity contribution in [1.29, 1.82) is 0 Å². The third-order valence-corrected chi connectivity index (χ3v) is 10.8. The molecule has 3 aliphatic carbocycles. The highest BCUT2D eigenvalue weighted by Crippen LogP contribution is 2.61. The number of halogens is 2. The lowest BCUT2D eigenvalue weighted by atomic mass is 9.45. The van der Waals surface area contributed by atoms with Gasteiger partial charge >= 0.3 is 0 Å². The van der Waals surface area contributed by atoms with E-state index in [0.29, 0.717) is 51.2 Å². The van der Waals surface area contributed by atoms with Crippen molar-refractivity contribution >= 4 is 45.8 Å². The molecule has 1 aromatic heterocycles. The second-order valence-corrected chi connectivity index (χ2v) is 13.7. The van der Waals surface area contributed by atoms with Crippen molar-refractivity contribution in [2.45, 2.75) is 59.0 Å². The minimum atomic E-state index is -0.0799. The maximum Gasteiger partial charge on any atom is 0.261 e. The van der Waals surface area contributed by atoms with Gasteiger partial charge in [0.15, 0.2) is 5.96 Å². The molecule has 7 nitrogen and oxygen atoms in total. The SMILES string of the molecule is C[C@@H]1[C@@H](N=C(Nc2ccc3c(=O)n(CCc4ccc(Cl)cc4Cl)cnc3c2)N2CC[C@@H](CO)C2)C[C@@H]2C[C@H]1C2(C)C. The first-order valence-electron chi connectivity index (χ1n) is 14.8. The average Bonchev–Trinajstić information content (AvgIpc) is 3.43. The maximum atomic E-state index is 13.3. The molecule has 1 aliphatic heterocycles. The number of nitrogens with zero attached hydrogens (tertiary/aromatic N) is 4. The number of aliphatic hydroxyl groups is 1. The molecule has 4 aliphatic rings. The molecule has 0 amide bonds. The van der Waals surface area contributed by atoms with Gasteiger partial charge < -0.3 is 15.3 Å². The van der Waals surface area contributed by atoms with Crippen LogP contribution < -0.4 is 10.9 Å². The molecule has 2 bridgehead atoms. The fraction of sp³-hybridized carbons (Fsp3) is 0.531. The van der Waals surface area contributed by atoms with E-state index in [4.69, 9.17) is 28.2 Å². The number of guanidine groups is 1. The van der Waals surface area contributed by atoms with Gasteiger partial charge in [-0.2, -0.15) is 0 Å². The molecule has 7 rings (SSSR count). The molecule has 2 N–H and O–H groups in total. The second kappa shape index (κ2) is 11.2. The number of aliphatic hydroxyl groups excluding tert-OH is 1. The molecule has 9 heteroatoms. The van der Waals surface area contributed by atoms with Crippen LogP contribution >= 0.6 is 23.2 Å². The van der Waals surface area contributed by atoms with E-state index in [0.717, 1.165) is 49.1 Å². The van der Waals surface area contributed by atoms with Crippen molar-refractivity contribution in [2.75, 3.05) is 25.0 Å². The molecule has 3 aromatic rings. The van der Waals surface area contributed by atoms with Crippen LogP contribution in [0.4, 0.5) is 5.69 Å². The standard InChI is InChI=1S/C32H39Cl2N5O2/c1-19-26-12-22(32(26,2)3)13-28(19)37-31(38-10-8-20(16-38)17-40)36-24-6-7-25-29(15-24)35-18-39(30(25)41)11-9-21-4-5-23(33)14-27(21)34/h4-7,14-15,18-20,22,26,28,40H,8-13,16-17H2,1-3H3,(H,36,37)/t19-,20+,22-,26+,28-/m0/s1. The first-order valence-corrected chi connectivity index (χ1v) is 15.5. The van der Waals surface area contributed by atoms with Gasteiger partial charge in [0.1, 0.15) is 0 Å². The number of aryl methyl sites for hydroxylation is 2. The molecule has 3 saturated carbocycles. The van der Waals surface area contributed by atoms with Gasteiger partial charge in [0.05, 0.1) is 23.3 Å². The molecule has 5 atom stereocenters. The molecule has 1 saturated heterocycles. The van der Waals surface area contributed by atoms with Gasteiger partial charge in [0, 0.05) is 47.9 Å². The predicted octanol–water partition coefficient (Wildman–Crippen LogP) is 6.10. The summed E-state index contributed by atoms with van der Waals surface area (Å²) >= 11 is 12.3. The lowest BCUT2D eigenvalue weighted by Gasteiger charge is -2.61. The minimum Gasteiger partial charge on any atom is -0.396 e. The van der Waals surface area contributed by atoms with E-state index in [9.17, 15) is 9.90 Å². The number of hydrogen-bond donors (Lipinski definition) is 2. The maximum absolute atomic E-state index is 13.3. The molecule has 0 spiro atoms. The van der Waals surface area contributed by atoms with E-state index in [1.807, 2.05) is 24.3 Å². The van der Waals surface area contributed by atoms with Gasteiger partial charge in [0.2, 0.25) is 0 Å². The van der Waals surface area contributed by atoms with Crippen molar-refractivity contribution in [3.63, 3.8) is 0 Å². The summed E-state index contributed by atoms with van der Waals surface area (Å²) in [6, 6.07) is 11.4. The lowest BCUT2D eigenvalue weighted by Crippen LogP contribution is -2.56. The van der Waals surface area contributed by atoms with E-state index in [1.165, 1.54) is 6.42 Å². The smallest absolute Gasteiger partial charge is 0.261 e. The van der Waals surface area contributed by atoms with Crippen molar-refractivity contribution < 1.29 is 5.11 Å². The molecular weight excluding hydrogens is 557 g/mol. The molecule has 41 heavy (non-hydrogen) atoms. The number of aliphatic imine (C=N–C) groups is 1. The molecule has 218 valence electrons. The predicted molar refractivity (Wildman–Crippen MR) is 167 cm³/mol. The Morgan fingerprint density at radius 3 is 2.73 bits per heavy atom. The van der Waals surface area contributed by atoms with Crippen molar-refractivity contribution in [3.05, 3.63) is 68.7 Å². The topological polar surface area (TPSA) is 82.8 Å². The Hall–Kier alpha value is -2.61. The van der Waals surface area contributed by atoms with Crippen LogP contribution in [0.25, 0.3) is 10.9 Å². The number of aromatic nitrogens is 2. The summed E-state index contributed by atoms with van der Waals surface area (Å²) in [5, 5.41) is 15.1. The first kappa shape index (κ1) is 28.5. The van der Waals surface area contributed by atoms with Crippen molar-refractivity contribution in [1.82, 2.24) is 14.5 Å². The first-order chi connectivity index (χ1) is 19.6. The molecule has 4 fully saturated rings. The van der Waals surface area contributed by atoms with Crippen LogP contribution in [0.2, 0.25) is 10.0 Å². The van der Waals surface area contributed by atoms with Gasteiger partial charge in [0.25, 0.3) is 5.56 Å². The van der Waals surface area contributed by atoms with Gasteiger partial charge in [-0.1, -0.05) is 50.0 Å². The highest BCUT2D eigenvalue weighted by Gasteiger charge is 2.56. The second-order valence-electron chi connectivity index (χ2n) is 12.8. The quantitative estimate of drug-likeness (QED) is 0.266. The third kappa shape index (κ3) is 5.49. The monoisotopic (exact) mass is 595 g/mol. The molecule has 2 aromatic carbocycles. The summed E-state index contributed by atoms with van der Waals surface area (Å²) in [6.45, 7) is 9.51. The number of likely N-dealkylation sites (tertiary alicyclic amines) is 1. The number of fused-ring (bicyclic) bond motifs is 3. The summed E-state index contributed by atoms with van der Waals surface area (Å²) in [5.41, 5.74) is 2.77. The number of nitrogens with one attached hydrogen (secondary N) is 1. The lowest BCUT2D eigenvalue weighted by molar-refractivity contribution is -0.108. The van der Waals surface area contributed by atoms with Crippen LogP contribution in [-0.2, 0) is 13.0 Å². The zero-order chi connectivity index (χ0) is 28.9. The Morgan fingerprint density at radius 2 is 2.02 bits per heavy atom. The summed E-state index contributed by atoms with van der Waals surface area (Å²) in [7, 11) is 0. The fourth-order valence-corrected chi connectivity index (χ4v) is 7.81. The van der Waals surface area contributed by atoms with E-state index in [1.54, 1.807) is 23.0 Å². The number of rotatable bonds is 6. The van der Waals surface area contributed by atoms with Gasteiger partial charge in [-0.15, -0.1) is 0 Å². The van der Waals surface area contributed by atoms with Gasteiger partial charge in [-0.25, -0.2) is 9.98 Å². The summed E-state index contributed by atoms with van der Waals surface area (Å²) in [6.07, 6.45) is 5.60. The fourth-order valence-electron chi connectivity index (χ4n) is 7.31. The summed E-state index contributed by atoms with van der Waals surface area (Å²) in [4.78, 5) is 25.5. The Kier molecular flexibility index (Phi) is 7.81.